The van der Waals surface area contributed by atoms with Crippen LogP contribution in [0.25, 0.3) is 11.3 Å². The van der Waals surface area contributed by atoms with Gasteiger partial charge in [-0.05, 0) is 31.0 Å². The molecule has 17 heavy (non-hydrogen) atoms. The van der Waals surface area contributed by atoms with Crippen molar-refractivity contribution in [3.63, 3.8) is 0 Å². The predicted molar refractivity (Wildman–Crippen MR) is 67.1 cm³/mol. The van der Waals surface area contributed by atoms with Crippen molar-refractivity contribution in [3.8, 4) is 11.3 Å². The largest absolute Gasteiger partial charge is 0.294 e. The van der Waals surface area contributed by atoms with Gasteiger partial charge in [-0.25, -0.2) is 0 Å². The number of carbonyl (C=O) groups excluding carboxylic acids is 1. The number of hydrogen-bond donors (Lipinski definition) is 0. The Labute approximate surface area is 100 Å². The molecular formula is C15H13NO. The quantitative estimate of drug-likeness (QED) is 0.743. The van der Waals surface area contributed by atoms with E-state index >= 15 is 0 Å². The molecule has 0 unspecified atom stereocenters. The van der Waals surface area contributed by atoms with Crippen LogP contribution in [0.4, 0.5) is 0 Å². The number of nitrogens with zero attached hydrogens (tertiary/aromatic N) is 1. The zero-order valence-electron chi connectivity index (χ0n) is 9.73. The molecule has 0 atom stereocenters. The van der Waals surface area contributed by atoms with Crippen LogP contribution < -0.4 is 0 Å². The highest BCUT2D eigenvalue weighted by Crippen LogP contribution is 2.26. The number of aromatic nitrogens is 1. The Morgan fingerprint density at radius 1 is 1.00 bits per heavy atom. The first-order valence-electron chi connectivity index (χ1n) is 5.85. The first-order chi connectivity index (χ1) is 8.25. The second kappa shape index (κ2) is 3.81. The Balaban J connectivity index is 2.12. The van der Waals surface area contributed by atoms with E-state index in [4.69, 9.17) is 0 Å². The number of fused-ring (bicyclic) bond motifs is 1. The number of aryl methyl sites for hydroxylation is 2. The van der Waals surface area contributed by atoms with E-state index in [1.807, 2.05) is 24.3 Å². The first kappa shape index (κ1) is 10.2. The van der Waals surface area contributed by atoms with Crippen LogP contribution in [0.5, 0.6) is 0 Å². The molecule has 2 nitrogen and oxygen atoms in total. The van der Waals surface area contributed by atoms with Crippen molar-refractivity contribution in [2.75, 3.05) is 0 Å². The maximum atomic E-state index is 11.5. The average Bonchev–Trinajstić information content (AvgIpc) is 2.71. The lowest BCUT2D eigenvalue weighted by Gasteiger charge is -2.06. The minimum absolute atomic E-state index is 0.226. The number of ketones is 1. The molecule has 0 amide bonds. The van der Waals surface area contributed by atoms with E-state index in [2.05, 4.69) is 24.0 Å². The lowest BCUT2D eigenvalue weighted by atomic mass is 10.0. The van der Waals surface area contributed by atoms with E-state index in [1.165, 1.54) is 5.56 Å². The van der Waals surface area contributed by atoms with Gasteiger partial charge >= 0.3 is 0 Å². The second-order valence-electron chi connectivity index (χ2n) is 4.43. The van der Waals surface area contributed by atoms with Gasteiger partial charge in [-0.1, -0.05) is 24.3 Å². The molecule has 0 spiro atoms. The third-order valence-electron chi connectivity index (χ3n) is 3.28. The van der Waals surface area contributed by atoms with Gasteiger partial charge in [-0.15, -0.1) is 0 Å². The zero-order chi connectivity index (χ0) is 11.8. The molecule has 0 aliphatic heterocycles. The SMILES string of the molecule is Cc1ccccc1-c1ccc2c(n1)CCC2=O. The fraction of sp³-hybridized carbons (Fsp3) is 0.200. The third-order valence-corrected chi connectivity index (χ3v) is 3.28. The molecule has 1 aliphatic carbocycles. The highest BCUT2D eigenvalue weighted by Gasteiger charge is 2.21. The van der Waals surface area contributed by atoms with E-state index in [0.29, 0.717) is 6.42 Å². The fourth-order valence-electron chi connectivity index (χ4n) is 2.32. The summed E-state index contributed by atoms with van der Waals surface area (Å²) in [5.74, 6) is 0.226. The number of hydrogen-bond acceptors (Lipinski definition) is 2. The van der Waals surface area contributed by atoms with Crippen molar-refractivity contribution < 1.29 is 4.79 Å². The van der Waals surface area contributed by atoms with E-state index < -0.39 is 0 Å². The molecule has 3 rings (SSSR count). The Morgan fingerprint density at radius 3 is 2.65 bits per heavy atom. The van der Waals surface area contributed by atoms with Crippen molar-refractivity contribution in [2.45, 2.75) is 19.8 Å². The molecule has 0 saturated heterocycles. The molecule has 1 aromatic carbocycles. The summed E-state index contributed by atoms with van der Waals surface area (Å²) in [6.07, 6.45) is 1.40. The monoisotopic (exact) mass is 223 g/mol. The molecular weight excluding hydrogens is 210 g/mol. The number of Topliss-reactive ketones (excluding diaryl/α,β-unsaturated/α-hetero) is 1. The molecule has 2 aromatic rings. The van der Waals surface area contributed by atoms with Crippen molar-refractivity contribution >= 4 is 5.78 Å². The van der Waals surface area contributed by atoms with Gasteiger partial charge in [0, 0.05) is 17.5 Å². The topological polar surface area (TPSA) is 30.0 Å². The average molecular weight is 223 g/mol. The summed E-state index contributed by atoms with van der Waals surface area (Å²) in [6.45, 7) is 2.08. The minimum atomic E-state index is 0.226. The standard InChI is InChI=1S/C15H13NO/c1-10-4-2-3-5-11(10)13-7-6-12-14(16-13)8-9-15(12)17/h2-7H,8-9H2,1H3. The van der Waals surface area contributed by atoms with Crippen LogP contribution >= 0.6 is 0 Å². The molecule has 0 saturated carbocycles. The van der Waals surface area contributed by atoms with Gasteiger partial charge < -0.3 is 0 Å². The van der Waals surface area contributed by atoms with Crippen molar-refractivity contribution in [1.29, 1.82) is 0 Å². The van der Waals surface area contributed by atoms with E-state index in [9.17, 15) is 4.79 Å². The lowest BCUT2D eigenvalue weighted by molar-refractivity contribution is 0.0994. The molecule has 0 bridgehead atoms. The summed E-state index contributed by atoms with van der Waals surface area (Å²) in [5.41, 5.74) is 5.09. The summed E-state index contributed by atoms with van der Waals surface area (Å²) in [4.78, 5) is 16.2. The summed E-state index contributed by atoms with van der Waals surface area (Å²) in [5, 5.41) is 0. The van der Waals surface area contributed by atoms with E-state index in [-0.39, 0.29) is 5.78 Å². The number of pyridine rings is 1. The predicted octanol–water partition coefficient (Wildman–Crippen LogP) is 3.19. The summed E-state index contributed by atoms with van der Waals surface area (Å²) < 4.78 is 0. The second-order valence-corrected chi connectivity index (χ2v) is 4.43. The Kier molecular flexibility index (Phi) is 2.29. The van der Waals surface area contributed by atoms with Crippen molar-refractivity contribution in [1.82, 2.24) is 4.98 Å². The smallest absolute Gasteiger partial charge is 0.165 e. The lowest BCUT2D eigenvalue weighted by Crippen LogP contribution is -1.95. The molecule has 2 heteroatoms. The molecule has 1 aromatic heterocycles. The number of carbonyl (C=O) groups is 1. The van der Waals surface area contributed by atoms with Crippen LogP contribution in [0, 0.1) is 6.92 Å². The highest BCUT2D eigenvalue weighted by molar-refractivity contribution is 6.00. The normalized spacial score (nSPS) is 13.8. The van der Waals surface area contributed by atoms with Crippen molar-refractivity contribution in [3.05, 3.63) is 53.2 Å². The van der Waals surface area contributed by atoms with Crippen LogP contribution in [0.15, 0.2) is 36.4 Å². The molecule has 0 fully saturated rings. The zero-order valence-corrected chi connectivity index (χ0v) is 9.73. The maximum absolute atomic E-state index is 11.5. The summed E-state index contributed by atoms with van der Waals surface area (Å²) >= 11 is 0. The third kappa shape index (κ3) is 1.66. The van der Waals surface area contributed by atoms with Gasteiger partial charge in [-0.3, -0.25) is 9.78 Å². The van der Waals surface area contributed by atoms with E-state index in [1.54, 1.807) is 0 Å². The molecule has 1 aliphatic rings. The molecule has 84 valence electrons. The Hall–Kier alpha value is -1.96. The van der Waals surface area contributed by atoms with Crippen LogP contribution in [0.3, 0.4) is 0 Å². The van der Waals surface area contributed by atoms with Gasteiger partial charge in [0.2, 0.25) is 0 Å². The summed E-state index contributed by atoms with van der Waals surface area (Å²) in [6, 6.07) is 12.1. The summed E-state index contributed by atoms with van der Waals surface area (Å²) in [7, 11) is 0. The van der Waals surface area contributed by atoms with Gasteiger partial charge in [0.1, 0.15) is 0 Å². The van der Waals surface area contributed by atoms with Crippen molar-refractivity contribution in [2.24, 2.45) is 0 Å². The van der Waals surface area contributed by atoms with Gasteiger partial charge in [0.25, 0.3) is 0 Å². The number of rotatable bonds is 1. The van der Waals surface area contributed by atoms with Crippen LogP contribution in [-0.2, 0) is 6.42 Å². The van der Waals surface area contributed by atoms with Gasteiger partial charge in [-0.2, -0.15) is 0 Å². The van der Waals surface area contributed by atoms with Crippen LogP contribution in [0.2, 0.25) is 0 Å². The molecule has 1 heterocycles. The minimum Gasteiger partial charge on any atom is -0.294 e. The van der Waals surface area contributed by atoms with Crippen LogP contribution in [0.1, 0.15) is 28.0 Å². The highest BCUT2D eigenvalue weighted by atomic mass is 16.1. The van der Waals surface area contributed by atoms with E-state index in [0.717, 1.165) is 28.9 Å². The Morgan fingerprint density at radius 2 is 1.82 bits per heavy atom. The van der Waals surface area contributed by atoms with Gasteiger partial charge in [0.15, 0.2) is 5.78 Å². The van der Waals surface area contributed by atoms with Gasteiger partial charge in [0.05, 0.1) is 11.4 Å². The Bertz CT molecular complexity index is 602. The molecule has 0 radical (unpaired) electrons. The first-order valence-corrected chi connectivity index (χ1v) is 5.85. The maximum Gasteiger partial charge on any atom is 0.165 e. The molecule has 0 N–H and O–H groups in total. The number of benzene rings is 1. The van der Waals surface area contributed by atoms with Crippen LogP contribution in [-0.4, -0.2) is 10.8 Å². The fourth-order valence-corrected chi connectivity index (χ4v) is 2.32.